The van der Waals surface area contributed by atoms with E-state index in [2.05, 4.69) is 16.2 Å². The molecule has 0 fully saturated rings. The summed E-state index contributed by atoms with van der Waals surface area (Å²) in [6.45, 7) is 3.01. The van der Waals surface area contributed by atoms with Crippen LogP contribution in [-0.2, 0) is 11.3 Å². The van der Waals surface area contributed by atoms with Crippen molar-refractivity contribution in [3.63, 3.8) is 0 Å². The molecule has 5 aromatic rings. The lowest BCUT2D eigenvalue weighted by Gasteiger charge is -2.09. The van der Waals surface area contributed by atoms with Crippen molar-refractivity contribution in [2.75, 3.05) is 7.11 Å². The second-order valence-corrected chi connectivity index (χ2v) is 11.0. The Kier molecular flexibility index (Phi) is 9.97. The van der Waals surface area contributed by atoms with Gasteiger partial charge in [0, 0.05) is 23.3 Å². The van der Waals surface area contributed by atoms with Gasteiger partial charge >= 0.3 is 5.97 Å². The van der Waals surface area contributed by atoms with Gasteiger partial charge in [-0.2, -0.15) is 0 Å². The maximum Gasteiger partial charge on any atom is 0.344 e. The first-order chi connectivity index (χ1) is 21.7. The number of benzene rings is 4. The van der Waals surface area contributed by atoms with Gasteiger partial charge in [0.2, 0.25) is 0 Å². The summed E-state index contributed by atoms with van der Waals surface area (Å²) in [5.41, 5.74) is 4.12. The van der Waals surface area contributed by atoms with Gasteiger partial charge in [-0.15, -0.1) is 0 Å². The molecule has 45 heavy (non-hydrogen) atoms. The summed E-state index contributed by atoms with van der Waals surface area (Å²) in [5.74, 6) is 0.786. The molecule has 0 unspecified atom stereocenters. The number of carbonyl (C=O) groups excluding carboxylic acids is 1. The summed E-state index contributed by atoms with van der Waals surface area (Å²) in [5, 5.41) is 12.6. The van der Waals surface area contributed by atoms with Crippen LogP contribution in [0.25, 0.3) is 34.5 Å². The molecule has 0 bridgehead atoms. The lowest BCUT2D eigenvalue weighted by atomic mass is 10.0. The summed E-state index contributed by atoms with van der Waals surface area (Å²) in [7, 11) is 1.17. The zero-order chi connectivity index (χ0) is 31.9. The molecule has 0 N–H and O–H groups in total. The number of aryl methyl sites for hydroxylation is 1. The zero-order valence-corrected chi connectivity index (χ0v) is 26.1. The Morgan fingerprint density at radius 3 is 2.27 bits per heavy atom. The van der Waals surface area contributed by atoms with Crippen molar-refractivity contribution in [3.05, 3.63) is 128 Å². The van der Waals surface area contributed by atoms with E-state index in [9.17, 15) is 14.9 Å². The number of nitro benzene ring substituents is 1. The quantitative estimate of drug-likeness (QED) is 0.0808. The van der Waals surface area contributed by atoms with Crippen molar-refractivity contribution < 1.29 is 19.2 Å². The highest BCUT2D eigenvalue weighted by atomic mass is 35.5. The summed E-state index contributed by atoms with van der Waals surface area (Å²) in [6.07, 6.45) is 8.17. The van der Waals surface area contributed by atoms with Gasteiger partial charge in [0.1, 0.15) is 22.9 Å². The highest BCUT2D eigenvalue weighted by molar-refractivity contribution is 6.36. The molecule has 0 spiro atoms. The predicted molar refractivity (Wildman–Crippen MR) is 178 cm³/mol. The fraction of sp³-hybridized carbons (Fsp3) is 0.143. The van der Waals surface area contributed by atoms with Crippen LogP contribution >= 0.6 is 23.2 Å². The van der Waals surface area contributed by atoms with Gasteiger partial charge in [-0.25, -0.2) is 9.78 Å². The molecule has 0 aliphatic heterocycles. The molecular weight excluding hydrogens is 613 g/mol. The highest BCUT2D eigenvalue weighted by Gasteiger charge is 2.22. The molecule has 0 radical (unpaired) electrons. The molecule has 0 aliphatic rings. The highest BCUT2D eigenvalue weighted by Crippen LogP contribution is 2.32. The molecule has 0 amide bonds. The van der Waals surface area contributed by atoms with Crippen LogP contribution in [0.1, 0.15) is 41.5 Å². The normalized spacial score (nSPS) is 11.1. The Labute approximate surface area is 270 Å². The minimum absolute atomic E-state index is 0.141. The van der Waals surface area contributed by atoms with Gasteiger partial charge in [-0.3, -0.25) is 10.1 Å². The van der Waals surface area contributed by atoms with E-state index in [1.165, 1.54) is 25.3 Å². The van der Waals surface area contributed by atoms with Crippen LogP contribution in [0.2, 0.25) is 10.0 Å². The van der Waals surface area contributed by atoms with E-state index < -0.39 is 10.9 Å². The van der Waals surface area contributed by atoms with E-state index in [-0.39, 0.29) is 17.0 Å². The molecule has 0 aliphatic carbocycles. The summed E-state index contributed by atoms with van der Waals surface area (Å²) in [6, 6.07) is 25.0. The van der Waals surface area contributed by atoms with Gasteiger partial charge in [0.05, 0.1) is 28.8 Å². The van der Waals surface area contributed by atoms with E-state index in [4.69, 9.17) is 32.9 Å². The zero-order valence-electron chi connectivity index (χ0n) is 24.6. The third-order valence-electron chi connectivity index (χ3n) is 7.10. The number of carbonyl (C=O) groups is 1. The molecule has 0 atom stereocenters. The topological polar surface area (TPSA) is 96.5 Å². The predicted octanol–water partition coefficient (Wildman–Crippen LogP) is 9.98. The number of unbranched alkanes of at least 4 members (excludes halogenated alkanes) is 1. The molecular formula is C35H29Cl2N3O5. The summed E-state index contributed by atoms with van der Waals surface area (Å²) in [4.78, 5) is 27.5. The third kappa shape index (κ3) is 7.60. The Morgan fingerprint density at radius 2 is 1.62 bits per heavy atom. The van der Waals surface area contributed by atoms with Crippen LogP contribution in [0.5, 0.6) is 11.5 Å². The number of rotatable bonds is 11. The smallest absolute Gasteiger partial charge is 0.344 e. The first-order valence-electron chi connectivity index (χ1n) is 14.2. The Bertz CT molecular complexity index is 1870. The van der Waals surface area contributed by atoms with Gasteiger partial charge in [-0.05, 0) is 71.7 Å². The molecule has 5 rings (SSSR count). The number of imidazole rings is 1. The maximum absolute atomic E-state index is 11.8. The van der Waals surface area contributed by atoms with E-state index in [0.717, 1.165) is 53.2 Å². The maximum atomic E-state index is 11.8. The van der Waals surface area contributed by atoms with Gasteiger partial charge in [-0.1, -0.05) is 79.0 Å². The van der Waals surface area contributed by atoms with Crippen LogP contribution in [0.3, 0.4) is 0 Å². The molecule has 1 aromatic heterocycles. The van der Waals surface area contributed by atoms with Crippen LogP contribution < -0.4 is 4.74 Å². The number of halogens is 2. The van der Waals surface area contributed by atoms with Gasteiger partial charge < -0.3 is 14.0 Å². The third-order valence-corrected chi connectivity index (χ3v) is 7.64. The van der Waals surface area contributed by atoms with Crippen molar-refractivity contribution in [1.82, 2.24) is 9.55 Å². The Balaban J connectivity index is 1.29. The van der Waals surface area contributed by atoms with Crippen molar-refractivity contribution >= 4 is 47.0 Å². The van der Waals surface area contributed by atoms with Gasteiger partial charge in [0.15, 0.2) is 0 Å². The summed E-state index contributed by atoms with van der Waals surface area (Å²) >= 11 is 12.5. The lowest BCUT2D eigenvalue weighted by Crippen LogP contribution is -2.05. The largest absolute Gasteiger partial charge is 0.465 e. The fourth-order valence-electron chi connectivity index (χ4n) is 4.72. The monoisotopic (exact) mass is 641 g/mol. The van der Waals surface area contributed by atoms with E-state index >= 15 is 0 Å². The number of ether oxygens (including phenoxy) is 2. The average Bonchev–Trinajstić information content (AvgIpc) is 3.45. The second-order valence-electron chi connectivity index (χ2n) is 10.2. The average molecular weight is 643 g/mol. The second kappa shape index (κ2) is 14.2. The standard InChI is InChI=1S/C35H29Cl2N3O5/c1-3-4-19-39-22-32(29-16-12-26(36)20-31(29)37)38-34(39)18-7-23-5-8-24(9-6-23)25-10-13-27(14-11-25)45-28-15-17-30(35(41)44-2)33(21-28)40(42)43/h5-18,20-22H,3-4,19H2,1-2H3/b18-7+. The fourth-order valence-corrected chi connectivity index (χ4v) is 5.22. The molecule has 1 heterocycles. The van der Waals surface area contributed by atoms with E-state index in [1.807, 2.05) is 66.9 Å². The number of methoxy groups -OCH3 is 1. The van der Waals surface area contributed by atoms with Crippen LogP contribution in [0, 0.1) is 10.1 Å². The number of esters is 1. The summed E-state index contributed by atoms with van der Waals surface area (Å²) < 4.78 is 12.6. The molecule has 0 saturated heterocycles. The number of nitrogens with zero attached hydrogens (tertiary/aromatic N) is 3. The van der Waals surface area contributed by atoms with E-state index in [1.54, 1.807) is 18.2 Å². The molecule has 0 saturated carbocycles. The van der Waals surface area contributed by atoms with Crippen LogP contribution in [0.4, 0.5) is 5.69 Å². The molecule has 8 nitrogen and oxygen atoms in total. The first kappa shape index (κ1) is 31.5. The van der Waals surface area contributed by atoms with Crippen LogP contribution in [0.15, 0.2) is 91.1 Å². The van der Waals surface area contributed by atoms with Crippen molar-refractivity contribution in [2.24, 2.45) is 0 Å². The molecule has 4 aromatic carbocycles. The minimum atomic E-state index is -0.786. The number of aromatic nitrogens is 2. The minimum Gasteiger partial charge on any atom is -0.465 e. The molecule has 10 heteroatoms. The molecule has 228 valence electrons. The number of nitro groups is 1. The number of hydrogen-bond acceptors (Lipinski definition) is 6. The first-order valence-corrected chi connectivity index (χ1v) is 15.0. The Hall–Kier alpha value is -4.92. The van der Waals surface area contributed by atoms with Gasteiger partial charge in [0.25, 0.3) is 5.69 Å². The Morgan fingerprint density at radius 1 is 0.933 bits per heavy atom. The SMILES string of the molecule is CCCCn1cc(-c2ccc(Cl)cc2Cl)nc1/C=C/c1ccc(-c2ccc(Oc3ccc(C(=O)OC)c([N+](=O)[O-])c3)cc2)cc1. The lowest BCUT2D eigenvalue weighted by molar-refractivity contribution is -0.385. The van der Waals surface area contributed by atoms with Crippen molar-refractivity contribution in [2.45, 2.75) is 26.3 Å². The van der Waals surface area contributed by atoms with Crippen molar-refractivity contribution in [1.29, 1.82) is 0 Å². The van der Waals surface area contributed by atoms with E-state index in [0.29, 0.717) is 15.8 Å². The van der Waals surface area contributed by atoms with Crippen LogP contribution in [-0.4, -0.2) is 27.6 Å². The van der Waals surface area contributed by atoms with Crippen molar-refractivity contribution in [3.8, 4) is 33.9 Å². The number of hydrogen-bond donors (Lipinski definition) is 0.